The number of nitrogens with zero attached hydrogens (tertiary/aromatic N) is 1. The van der Waals surface area contributed by atoms with Crippen molar-refractivity contribution in [1.29, 1.82) is 0 Å². The lowest BCUT2D eigenvalue weighted by molar-refractivity contribution is -0.121. The average Bonchev–Trinajstić information content (AvgIpc) is 2.99. The van der Waals surface area contributed by atoms with Gasteiger partial charge in [-0.2, -0.15) is 0 Å². The van der Waals surface area contributed by atoms with Crippen molar-refractivity contribution in [3.05, 3.63) is 16.6 Å². The van der Waals surface area contributed by atoms with E-state index in [9.17, 15) is 4.79 Å². The van der Waals surface area contributed by atoms with Crippen molar-refractivity contribution in [1.82, 2.24) is 15.6 Å². The number of hydrogen-bond donors (Lipinski definition) is 2. The molecule has 0 aromatic carbocycles. The first-order valence-corrected chi connectivity index (χ1v) is 7.11. The summed E-state index contributed by atoms with van der Waals surface area (Å²) in [7, 11) is 0. The van der Waals surface area contributed by atoms with E-state index < -0.39 is 0 Å². The Balaban J connectivity index is 1.54. The molecule has 0 radical (unpaired) electrons. The molecule has 1 aromatic rings. The van der Waals surface area contributed by atoms with E-state index >= 15 is 0 Å². The van der Waals surface area contributed by atoms with Crippen molar-refractivity contribution in [2.75, 3.05) is 13.1 Å². The molecule has 1 aliphatic heterocycles. The minimum absolute atomic E-state index is 0.162. The van der Waals surface area contributed by atoms with E-state index in [1.807, 2.05) is 5.38 Å². The fourth-order valence-corrected chi connectivity index (χ4v) is 2.70. The molecule has 1 aromatic heterocycles. The summed E-state index contributed by atoms with van der Waals surface area (Å²) in [4.78, 5) is 15.8. The van der Waals surface area contributed by atoms with Crippen molar-refractivity contribution in [3.63, 3.8) is 0 Å². The molecule has 1 amide bonds. The molecule has 1 aliphatic rings. The predicted octanol–water partition coefficient (Wildman–Crippen LogP) is 1.33. The molecule has 17 heavy (non-hydrogen) atoms. The standard InChI is InChI=1S/C12H19N3OS/c16-11(4-3-10-2-1-6-13-10)14-7-5-12-15-8-9-17-12/h8-10,13H,1-7H2,(H,14,16). The second-order valence-electron chi connectivity index (χ2n) is 4.36. The number of thiazole rings is 1. The van der Waals surface area contributed by atoms with Gasteiger partial charge in [-0.25, -0.2) is 4.98 Å². The highest BCUT2D eigenvalue weighted by Crippen LogP contribution is 2.10. The van der Waals surface area contributed by atoms with Gasteiger partial charge in [-0.05, 0) is 25.8 Å². The van der Waals surface area contributed by atoms with Gasteiger partial charge >= 0.3 is 0 Å². The monoisotopic (exact) mass is 253 g/mol. The smallest absolute Gasteiger partial charge is 0.220 e. The molecule has 0 bridgehead atoms. The van der Waals surface area contributed by atoms with Gasteiger partial charge in [-0.15, -0.1) is 11.3 Å². The Labute approximate surface area is 106 Å². The minimum atomic E-state index is 0.162. The third-order valence-corrected chi connectivity index (χ3v) is 3.87. The highest BCUT2D eigenvalue weighted by atomic mass is 32.1. The molecule has 5 heteroatoms. The molecule has 0 aliphatic carbocycles. The van der Waals surface area contributed by atoms with Gasteiger partial charge in [0.05, 0.1) is 5.01 Å². The number of hydrogen-bond acceptors (Lipinski definition) is 4. The van der Waals surface area contributed by atoms with Crippen LogP contribution in [-0.2, 0) is 11.2 Å². The van der Waals surface area contributed by atoms with Crippen LogP contribution >= 0.6 is 11.3 Å². The first kappa shape index (κ1) is 12.5. The zero-order valence-corrected chi connectivity index (χ0v) is 10.8. The summed E-state index contributed by atoms with van der Waals surface area (Å²) in [5.41, 5.74) is 0. The summed E-state index contributed by atoms with van der Waals surface area (Å²) in [6.45, 7) is 1.81. The van der Waals surface area contributed by atoms with Gasteiger partial charge in [0.25, 0.3) is 0 Å². The molecule has 1 unspecified atom stereocenters. The maximum Gasteiger partial charge on any atom is 0.220 e. The average molecular weight is 253 g/mol. The second-order valence-corrected chi connectivity index (χ2v) is 5.34. The lowest BCUT2D eigenvalue weighted by atomic mass is 10.1. The lowest BCUT2D eigenvalue weighted by Crippen LogP contribution is -2.28. The molecule has 2 rings (SSSR count). The molecule has 2 N–H and O–H groups in total. The molecular weight excluding hydrogens is 234 g/mol. The van der Waals surface area contributed by atoms with E-state index in [0.717, 1.165) is 24.4 Å². The van der Waals surface area contributed by atoms with Crippen LogP contribution in [0.5, 0.6) is 0 Å². The van der Waals surface area contributed by atoms with Gasteiger partial charge in [-0.1, -0.05) is 0 Å². The van der Waals surface area contributed by atoms with Gasteiger partial charge < -0.3 is 10.6 Å². The SMILES string of the molecule is O=C(CCC1CCCN1)NCCc1nccs1. The quantitative estimate of drug-likeness (QED) is 0.804. The number of amides is 1. The Bertz CT molecular complexity index is 334. The molecule has 0 spiro atoms. The van der Waals surface area contributed by atoms with Crippen molar-refractivity contribution >= 4 is 17.2 Å². The fraction of sp³-hybridized carbons (Fsp3) is 0.667. The Morgan fingerprint density at radius 3 is 3.29 bits per heavy atom. The van der Waals surface area contributed by atoms with Gasteiger partial charge in [0.2, 0.25) is 5.91 Å². The van der Waals surface area contributed by atoms with Crippen LogP contribution < -0.4 is 10.6 Å². The normalized spacial score (nSPS) is 19.4. The zero-order chi connectivity index (χ0) is 11.9. The summed E-state index contributed by atoms with van der Waals surface area (Å²) < 4.78 is 0. The Kier molecular flexibility index (Phi) is 4.94. The van der Waals surface area contributed by atoms with Gasteiger partial charge in [0.15, 0.2) is 0 Å². The van der Waals surface area contributed by atoms with Crippen LogP contribution in [0.25, 0.3) is 0 Å². The maximum absolute atomic E-state index is 11.6. The van der Waals surface area contributed by atoms with Crippen LogP contribution in [0, 0.1) is 0 Å². The number of carbonyl (C=O) groups excluding carboxylic acids is 1. The first-order chi connectivity index (χ1) is 8.34. The molecule has 1 fully saturated rings. The number of carbonyl (C=O) groups is 1. The van der Waals surface area contributed by atoms with Crippen LogP contribution in [0.2, 0.25) is 0 Å². The first-order valence-electron chi connectivity index (χ1n) is 6.23. The topological polar surface area (TPSA) is 54.0 Å². The van der Waals surface area contributed by atoms with Crippen molar-refractivity contribution < 1.29 is 4.79 Å². The molecule has 1 saturated heterocycles. The van der Waals surface area contributed by atoms with E-state index in [4.69, 9.17) is 0 Å². The van der Waals surface area contributed by atoms with Gasteiger partial charge in [0, 0.05) is 37.0 Å². The van der Waals surface area contributed by atoms with E-state index in [1.54, 1.807) is 17.5 Å². The van der Waals surface area contributed by atoms with E-state index in [1.165, 1.54) is 12.8 Å². The van der Waals surface area contributed by atoms with Crippen LogP contribution in [0.3, 0.4) is 0 Å². The Morgan fingerprint density at radius 1 is 1.65 bits per heavy atom. The summed E-state index contributed by atoms with van der Waals surface area (Å²) in [6, 6.07) is 0.555. The highest BCUT2D eigenvalue weighted by Gasteiger charge is 2.14. The molecular formula is C12H19N3OS. The second kappa shape index (κ2) is 6.71. The van der Waals surface area contributed by atoms with Crippen LogP contribution in [0.15, 0.2) is 11.6 Å². The number of nitrogens with one attached hydrogen (secondary N) is 2. The van der Waals surface area contributed by atoms with Crippen LogP contribution in [0.1, 0.15) is 30.7 Å². The summed E-state index contributed by atoms with van der Waals surface area (Å²) in [5.74, 6) is 0.162. The Morgan fingerprint density at radius 2 is 2.59 bits per heavy atom. The summed E-state index contributed by atoms with van der Waals surface area (Å²) in [5, 5.41) is 9.39. The van der Waals surface area contributed by atoms with Gasteiger partial charge in [-0.3, -0.25) is 4.79 Å². The van der Waals surface area contributed by atoms with E-state index in [0.29, 0.717) is 19.0 Å². The molecule has 94 valence electrons. The molecule has 1 atom stereocenters. The van der Waals surface area contributed by atoms with Crippen LogP contribution in [-0.4, -0.2) is 30.0 Å². The van der Waals surface area contributed by atoms with Crippen LogP contribution in [0.4, 0.5) is 0 Å². The predicted molar refractivity (Wildman–Crippen MR) is 69.1 cm³/mol. The van der Waals surface area contributed by atoms with E-state index in [2.05, 4.69) is 15.6 Å². The number of rotatable bonds is 6. The summed E-state index contributed by atoms with van der Waals surface area (Å²) >= 11 is 1.64. The van der Waals surface area contributed by atoms with Gasteiger partial charge in [0.1, 0.15) is 0 Å². The van der Waals surface area contributed by atoms with Crippen molar-refractivity contribution in [2.24, 2.45) is 0 Å². The van der Waals surface area contributed by atoms with E-state index in [-0.39, 0.29) is 5.91 Å². The number of aromatic nitrogens is 1. The lowest BCUT2D eigenvalue weighted by Gasteiger charge is -2.09. The fourth-order valence-electron chi connectivity index (χ4n) is 2.08. The molecule has 4 nitrogen and oxygen atoms in total. The molecule has 2 heterocycles. The summed E-state index contributed by atoms with van der Waals surface area (Å²) in [6.07, 6.45) is 6.69. The minimum Gasteiger partial charge on any atom is -0.356 e. The van der Waals surface area contributed by atoms with Crippen molar-refractivity contribution in [3.8, 4) is 0 Å². The maximum atomic E-state index is 11.6. The highest BCUT2D eigenvalue weighted by molar-refractivity contribution is 7.09. The zero-order valence-electron chi connectivity index (χ0n) is 9.95. The molecule has 0 saturated carbocycles. The largest absolute Gasteiger partial charge is 0.356 e. The Hall–Kier alpha value is -0.940. The van der Waals surface area contributed by atoms with Crippen molar-refractivity contribution in [2.45, 2.75) is 38.1 Å². The third kappa shape index (κ3) is 4.44. The third-order valence-electron chi connectivity index (χ3n) is 3.03.